The molecule has 1 aromatic rings. The molecule has 0 saturated carbocycles. The highest BCUT2D eigenvalue weighted by molar-refractivity contribution is 7.91. The second kappa shape index (κ2) is 2.15. The molecular formula is C2H3N3O3S2. The maximum Gasteiger partial charge on any atom is 0.323 e. The number of sulfonamides is 1. The predicted octanol–water partition coefficient (Wildman–Crippen LogP) is -1.52. The molecule has 0 atom stereocenters. The highest BCUT2D eigenvalue weighted by atomic mass is 32.2. The molecule has 0 bridgehead atoms. The van der Waals surface area contributed by atoms with Gasteiger partial charge < -0.3 is 0 Å². The minimum atomic E-state index is -3.81. The molecule has 0 saturated heterocycles. The SMILES string of the molecule is NS(=O)(=O)c1n[nH]c(=O)s1. The van der Waals surface area contributed by atoms with Gasteiger partial charge in [0.05, 0.1) is 0 Å². The minimum absolute atomic E-state index is 0.391. The van der Waals surface area contributed by atoms with E-state index in [9.17, 15) is 13.2 Å². The number of H-pyrrole nitrogens is 1. The van der Waals surface area contributed by atoms with Gasteiger partial charge in [0.15, 0.2) is 0 Å². The fourth-order valence-electron chi connectivity index (χ4n) is 0.338. The summed E-state index contributed by atoms with van der Waals surface area (Å²) in [6.45, 7) is 0. The van der Waals surface area contributed by atoms with Crippen LogP contribution in [0, 0.1) is 0 Å². The largest absolute Gasteiger partial charge is 0.323 e. The van der Waals surface area contributed by atoms with E-state index in [0.29, 0.717) is 11.3 Å². The summed E-state index contributed by atoms with van der Waals surface area (Å²) in [5, 5.41) is 9.72. The van der Waals surface area contributed by atoms with Crippen LogP contribution in [0.2, 0.25) is 0 Å². The first kappa shape index (κ1) is 7.38. The van der Waals surface area contributed by atoms with E-state index >= 15 is 0 Å². The summed E-state index contributed by atoms with van der Waals surface area (Å²) in [5.74, 6) is 0. The number of nitrogens with zero attached hydrogens (tertiary/aromatic N) is 1. The number of nitrogens with two attached hydrogens (primary N) is 1. The van der Waals surface area contributed by atoms with Gasteiger partial charge in [-0.2, -0.15) is 0 Å². The van der Waals surface area contributed by atoms with Gasteiger partial charge in [0, 0.05) is 0 Å². The van der Waals surface area contributed by atoms with E-state index in [1.165, 1.54) is 0 Å². The maximum absolute atomic E-state index is 10.4. The number of aromatic amines is 1. The Hall–Kier alpha value is -0.730. The van der Waals surface area contributed by atoms with Crippen LogP contribution >= 0.6 is 11.3 Å². The van der Waals surface area contributed by atoms with E-state index < -0.39 is 19.2 Å². The van der Waals surface area contributed by atoms with Crippen LogP contribution in [-0.4, -0.2) is 18.6 Å². The van der Waals surface area contributed by atoms with E-state index in [1.807, 2.05) is 5.10 Å². The lowest BCUT2D eigenvalue weighted by Gasteiger charge is -1.83. The molecule has 1 heterocycles. The Morgan fingerprint density at radius 3 is 2.40 bits per heavy atom. The molecule has 0 aliphatic rings. The highest BCUT2D eigenvalue weighted by Gasteiger charge is 2.11. The van der Waals surface area contributed by atoms with Gasteiger partial charge in [-0.1, -0.05) is 0 Å². The third-order valence-corrected chi connectivity index (χ3v) is 2.73. The Morgan fingerprint density at radius 2 is 2.20 bits per heavy atom. The van der Waals surface area contributed by atoms with Gasteiger partial charge in [-0.15, -0.1) is 5.10 Å². The zero-order chi connectivity index (χ0) is 7.78. The Kier molecular flexibility index (Phi) is 1.58. The molecule has 0 fully saturated rings. The van der Waals surface area contributed by atoms with Gasteiger partial charge >= 0.3 is 4.87 Å². The predicted molar refractivity (Wildman–Crippen MR) is 34.1 cm³/mol. The van der Waals surface area contributed by atoms with Crippen LogP contribution in [0.1, 0.15) is 0 Å². The number of primary sulfonamides is 1. The van der Waals surface area contributed by atoms with Gasteiger partial charge in [-0.25, -0.2) is 18.7 Å². The van der Waals surface area contributed by atoms with Crippen molar-refractivity contribution in [2.45, 2.75) is 4.34 Å². The number of nitrogens with one attached hydrogen (secondary N) is 1. The van der Waals surface area contributed by atoms with Crippen LogP contribution in [0.4, 0.5) is 0 Å². The smallest absolute Gasteiger partial charge is 0.255 e. The van der Waals surface area contributed by atoms with Crippen molar-refractivity contribution >= 4 is 21.4 Å². The molecule has 3 N–H and O–H groups in total. The quantitative estimate of drug-likeness (QED) is 0.548. The van der Waals surface area contributed by atoms with E-state index in [4.69, 9.17) is 0 Å². The Morgan fingerprint density at radius 1 is 1.60 bits per heavy atom. The van der Waals surface area contributed by atoms with Crippen molar-refractivity contribution in [3.8, 4) is 0 Å². The van der Waals surface area contributed by atoms with Crippen LogP contribution in [0.5, 0.6) is 0 Å². The average Bonchev–Trinajstić information content (AvgIpc) is 2.11. The zero-order valence-corrected chi connectivity index (χ0v) is 6.20. The highest BCUT2D eigenvalue weighted by Crippen LogP contribution is 2.01. The van der Waals surface area contributed by atoms with Crippen molar-refractivity contribution in [1.82, 2.24) is 10.2 Å². The lowest BCUT2D eigenvalue weighted by atomic mass is 11.5. The van der Waals surface area contributed by atoms with Crippen LogP contribution in [0.25, 0.3) is 0 Å². The normalized spacial score (nSPS) is 11.7. The van der Waals surface area contributed by atoms with Gasteiger partial charge in [0.25, 0.3) is 10.0 Å². The fraction of sp³-hybridized carbons (Fsp3) is 0. The third kappa shape index (κ3) is 1.40. The van der Waals surface area contributed by atoms with Gasteiger partial charge in [-0.05, 0) is 11.3 Å². The molecular weight excluding hydrogens is 178 g/mol. The second-order valence-electron chi connectivity index (χ2n) is 1.42. The van der Waals surface area contributed by atoms with Crippen molar-refractivity contribution in [3.63, 3.8) is 0 Å². The van der Waals surface area contributed by atoms with Gasteiger partial charge in [-0.3, -0.25) is 4.79 Å². The van der Waals surface area contributed by atoms with Crippen molar-refractivity contribution in [3.05, 3.63) is 9.67 Å². The standard InChI is InChI=1S/C2H3N3O3S2/c3-10(7,8)2-5-4-1(6)9-2/h(H,4,6)(H2,3,7,8). The average molecular weight is 181 g/mol. The van der Waals surface area contributed by atoms with Gasteiger partial charge in [0.1, 0.15) is 0 Å². The van der Waals surface area contributed by atoms with Crippen molar-refractivity contribution in [1.29, 1.82) is 0 Å². The van der Waals surface area contributed by atoms with Crippen molar-refractivity contribution in [2.75, 3.05) is 0 Å². The summed E-state index contributed by atoms with van der Waals surface area (Å²) in [5.41, 5.74) is 0. The molecule has 0 aliphatic heterocycles. The van der Waals surface area contributed by atoms with Crippen LogP contribution in [0.15, 0.2) is 9.13 Å². The molecule has 0 amide bonds. The molecule has 0 spiro atoms. The van der Waals surface area contributed by atoms with E-state index in [1.54, 1.807) is 0 Å². The third-order valence-electron chi connectivity index (χ3n) is 0.662. The molecule has 0 aromatic carbocycles. The summed E-state index contributed by atoms with van der Waals surface area (Å²) in [6, 6.07) is 0. The molecule has 56 valence electrons. The van der Waals surface area contributed by atoms with E-state index in [-0.39, 0.29) is 0 Å². The Labute approximate surface area is 59.7 Å². The monoisotopic (exact) mass is 181 g/mol. The zero-order valence-electron chi connectivity index (χ0n) is 4.57. The van der Waals surface area contributed by atoms with Crippen LogP contribution in [-0.2, 0) is 10.0 Å². The maximum atomic E-state index is 10.4. The molecule has 1 rings (SSSR count). The van der Waals surface area contributed by atoms with Crippen molar-refractivity contribution in [2.24, 2.45) is 5.14 Å². The summed E-state index contributed by atoms with van der Waals surface area (Å²) in [6.07, 6.45) is 0. The summed E-state index contributed by atoms with van der Waals surface area (Å²) in [4.78, 5) is 9.78. The molecule has 1 aromatic heterocycles. The molecule has 0 unspecified atom stereocenters. The Balaban J connectivity index is 3.34. The first-order valence-electron chi connectivity index (χ1n) is 2.08. The van der Waals surface area contributed by atoms with E-state index in [2.05, 4.69) is 10.2 Å². The van der Waals surface area contributed by atoms with E-state index in [0.717, 1.165) is 0 Å². The van der Waals surface area contributed by atoms with Crippen molar-refractivity contribution < 1.29 is 8.42 Å². The number of hydrogen-bond donors (Lipinski definition) is 2. The molecule has 0 aliphatic carbocycles. The first-order chi connectivity index (χ1) is 4.50. The lowest BCUT2D eigenvalue weighted by Crippen LogP contribution is -2.11. The Bertz CT molecular complexity index is 372. The topological polar surface area (TPSA) is 106 Å². The summed E-state index contributed by atoms with van der Waals surface area (Å²) in [7, 11) is -3.81. The number of rotatable bonds is 1. The number of aromatic nitrogens is 2. The molecule has 6 nitrogen and oxygen atoms in total. The van der Waals surface area contributed by atoms with Crippen LogP contribution < -0.4 is 10.0 Å². The summed E-state index contributed by atoms with van der Waals surface area (Å²) < 4.78 is 20.4. The molecule has 0 radical (unpaired) electrons. The summed E-state index contributed by atoms with van der Waals surface area (Å²) >= 11 is 0.459. The first-order valence-corrected chi connectivity index (χ1v) is 4.45. The fourth-order valence-corrected chi connectivity index (χ4v) is 1.54. The minimum Gasteiger partial charge on any atom is -0.255 e. The number of hydrogen-bond acceptors (Lipinski definition) is 5. The van der Waals surface area contributed by atoms with Crippen LogP contribution in [0.3, 0.4) is 0 Å². The van der Waals surface area contributed by atoms with Gasteiger partial charge in [0.2, 0.25) is 4.34 Å². The second-order valence-corrected chi connectivity index (χ2v) is 4.12. The lowest BCUT2D eigenvalue weighted by molar-refractivity contribution is 0.595. The molecule has 10 heavy (non-hydrogen) atoms. The molecule has 8 heteroatoms.